The smallest absolute Gasteiger partial charge is 0.00967 e. The minimum Gasteiger partial charge on any atom is -0.311 e. The van der Waals surface area contributed by atoms with Crippen molar-refractivity contribution in [3.63, 3.8) is 0 Å². The van der Waals surface area contributed by atoms with Gasteiger partial charge in [0, 0.05) is 12.1 Å². The third-order valence-electron chi connectivity index (χ3n) is 4.13. The molecule has 0 aliphatic heterocycles. The van der Waals surface area contributed by atoms with Gasteiger partial charge in [0.05, 0.1) is 0 Å². The van der Waals surface area contributed by atoms with Gasteiger partial charge in [-0.25, -0.2) is 0 Å². The topological polar surface area (TPSA) is 12.0 Å². The zero-order chi connectivity index (χ0) is 13.4. The van der Waals surface area contributed by atoms with Crippen molar-refractivity contribution in [3.8, 4) is 0 Å². The van der Waals surface area contributed by atoms with Gasteiger partial charge in [-0.3, -0.25) is 0 Å². The molecule has 1 nitrogen and oxygen atoms in total. The molecule has 0 aromatic heterocycles. The van der Waals surface area contributed by atoms with Crippen LogP contribution >= 0.6 is 0 Å². The summed E-state index contributed by atoms with van der Waals surface area (Å²) < 4.78 is 0. The van der Waals surface area contributed by atoms with Crippen molar-refractivity contribution in [1.82, 2.24) is 5.32 Å². The highest BCUT2D eigenvalue weighted by Gasteiger charge is 2.32. The second-order valence-corrected chi connectivity index (χ2v) is 7.34. The molecule has 0 fully saturated rings. The molecule has 2 rings (SSSR count). The van der Waals surface area contributed by atoms with Crippen molar-refractivity contribution < 1.29 is 0 Å². The molecule has 0 bridgehead atoms. The van der Waals surface area contributed by atoms with Crippen LogP contribution < -0.4 is 5.32 Å². The average molecular weight is 245 g/mol. The zero-order valence-corrected chi connectivity index (χ0v) is 12.5. The molecule has 0 spiro atoms. The summed E-state index contributed by atoms with van der Waals surface area (Å²) in [5, 5.41) is 3.66. The van der Waals surface area contributed by atoms with Crippen molar-refractivity contribution in [2.24, 2.45) is 0 Å². The van der Waals surface area contributed by atoms with Crippen LogP contribution in [0, 0.1) is 0 Å². The molecule has 1 atom stereocenters. The lowest BCUT2D eigenvalue weighted by molar-refractivity contribution is 0.349. The highest BCUT2D eigenvalue weighted by atomic mass is 14.9. The van der Waals surface area contributed by atoms with Crippen LogP contribution in [0.1, 0.15) is 64.5 Å². The third-order valence-corrected chi connectivity index (χ3v) is 4.13. The molecule has 1 aliphatic carbocycles. The van der Waals surface area contributed by atoms with E-state index in [0.29, 0.717) is 11.3 Å². The highest BCUT2D eigenvalue weighted by Crippen LogP contribution is 2.42. The van der Waals surface area contributed by atoms with Crippen LogP contribution in [0.4, 0.5) is 0 Å². The third kappa shape index (κ3) is 2.95. The quantitative estimate of drug-likeness (QED) is 0.822. The Balaban J connectivity index is 2.21. The average Bonchev–Trinajstić information content (AvgIpc) is 2.27. The number of rotatable bonds is 2. The Morgan fingerprint density at radius 2 is 1.89 bits per heavy atom. The van der Waals surface area contributed by atoms with Crippen LogP contribution in [0.25, 0.3) is 0 Å². The SMILES string of the molecule is CC(C)(C)NCC1CCC(C)(C)c2ccccc21. The Morgan fingerprint density at radius 3 is 2.56 bits per heavy atom. The number of hydrogen-bond acceptors (Lipinski definition) is 1. The van der Waals surface area contributed by atoms with E-state index in [-0.39, 0.29) is 5.54 Å². The molecule has 0 radical (unpaired) electrons. The summed E-state index contributed by atoms with van der Waals surface area (Å²) in [6.07, 6.45) is 2.59. The number of hydrogen-bond donors (Lipinski definition) is 1. The molecule has 100 valence electrons. The molecule has 0 saturated heterocycles. The van der Waals surface area contributed by atoms with Crippen LogP contribution in [0.5, 0.6) is 0 Å². The molecule has 0 heterocycles. The van der Waals surface area contributed by atoms with Crippen molar-refractivity contribution in [2.45, 2.75) is 64.3 Å². The summed E-state index contributed by atoms with van der Waals surface area (Å²) in [6, 6.07) is 9.01. The lowest BCUT2D eigenvalue weighted by Crippen LogP contribution is -2.40. The summed E-state index contributed by atoms with van der Waals surface area (Å²) in [6.45, 7) is 12.6. The van der Waals surface area contributed by atoms with Gasteiger partial charge in [0.1, 0.15) is 0 Å². The number of benzene rings is 1. The van der Waals surface area contributed by atoms with Crippen LogP contribution in [0.2, 0.25) is 0 Å². The van der Waals surface area contributed by atoms with E-state index in [9.17, 15) is 0 Å². The predicted molar refractivity (Wildman–Crippen MR) is 79.2 cm³/mol. The van der Waals surface area contributed by atoms with Gasteiger partial charge in [0.2, 0.25) is 0 Å². The molecular weight excluding hydrogens is 218 g/mol. The standard InChI is InChI=1S/C17H27N/c1-16(2,3)18-12-13-10-11-17(4,5)15-9-7-6-8-14(13)15/h6-9,13,18H,10-12H2,1-5H3. The fourth-order valence-corrected chi connectivity index (χ4v) is 2.94. The first-order valence-corrected chi connectivity index (χ1v) is 7.14. The van der Waals surface area contributed by atoms with E-state index < -0.39 is 0 Å². The molecular formula is C17H27N. The first-order chi connectivity index (χ1) is 8.30. The molecule has 18 heavy (non-hydrogen) atoms. The molecule has 1 aliphatic rings. The summed E-state index contributed by atoms with van der Waals surface area (Å²) in [7, 11) is 0. The first kappa shape index (κ1) is 13.6. The lowest BCUT2D eigenvalue weighted by atomic mass is 9.69. The van der Waals surface area contributed by atoms with E-state index >= 15 is 0 Å². The monoisotopic (exact) mass is 245 g/mol. The Bertz CT molecular complexity index is 412. The maximum absolute atomic E-state index is 3.66. The second kappa shape index (κ2) is 4.70. The lowest BCUT2D eigenvalue weighted by Gasteiger charge is -2.38. The minimum atomic E-state index is 0.210. The molecule has 1 aromatic rings. The Labute approximate surface area is 112 Å². The molecule has 1 unspecified atom stereocenters. The summed E-state index contributed by atoms with van der Waals surface area (Å²) in [5.41, 5.74) is 3.67. The molecule has 1 N–H and O–H groups in total. The molecule has 1 heteroatoms. The van der Waals surface area contributed by atoms with E-state index in [1.54, 1.807) is 11.1 Å². The van der Waals surface area contributed by atoms with Crippen molar-refractivity contribution in [2.75, 3.05) is 6.54 Å². The van der Waals surface area contributed by atoms with Gasteiger partial charge < -0.3 is 5.32 Å². The van der Waals surface area contributed by atoms with E-state index in [4.69, 9.17) is 0 Å². The van der Waals surface area contributed by atoms with Crippen molar-refractivity contribution in [3.05, 3.63) is 35.4 Å². The van der Waals surface area contributed by atoms with Gasteiger partial charge in [-0.15, -0.1) is 0 Å². The zero-order valence-electron chi connectivity index (χ0n) is 12.5. The van der Waals surface area contributed by atoms with Crippen molar-refractivity contribution >= 4 is 0 Å². The van der Waals surface area contributed by atoms with E-state index in [0.717, 1.165) is 6.54 Å². The van der Waals surface area contributed by atoms with Gasteiger partial charge in [-0.05, 0) is 56.1 Å². The number of nitrogens with one attached hydrogen (secondary N) is 1. The van der Waals surface area contributed by atoms with E-state index in [1.165, 1.54) is 12.8 Å². The van der Waals surface area contributed by atoms with Crippen LogP contribution in [-0.4, -0.2) is 12.1 Å². The fraction of sp³-hybridized carbons (Fsp3) is 0.647. The Kier molecular flexibility index (Phi) is 3.55. The minimum absolute atomic E-state index is 0.210. The van der Waals surface area contributed by atoms with Gasteiger partial charge in [-0.1, -0.05) is 38.1 Å². The largest absolute Gasteiger partial charge is 0.311 e. The summed E-state index contributed by atoms with van der Waals surface area (Å²) in [4.78, 5) is 0. The summed E-state index contributed by atoms with van der Waals surface area (Å²) in [5.74, 6) is 0.674. The van der Waals surface area contributed by atoms with Gasteiger partial charge in [-0.2, -0.15) is 0 Å². The Hall–Kier alpha value is -0.820. The van der Waals surface area contributed by atoms with Crippen molar-refractivity contribution in [1.29, 1.82) is 0 Å². The van der Waals surface area contributed by atoms with E-state index in [2.05, 4.69) is 64.2 Å². The van der Waals surface area contributed by atoms with Gasteiger partial charge in [0.25, 0.3) is 0 Å². The second-order valence-electron chi connectivity index (χ2n) is 7.34. The molecule has 1 aromatic carbocycles. The maximum atomic E-state index is 3.66. The molecule has 0 amide bonds. The fourth-order valence-electron chi connectivity index (χ4n) is 2.94. The first-order valence-electron chi connectivity index (χ1n) is 7.14. The van der Waals surface area contributed by atoms with Crippen LogP contribution in [0.3, 0.4) is 0 Å². The molecule has 0 saturated carbocycles. The Morgan fingerprint density at radius 1 is 1.22 bits per heavy atom. The van der Waals surface area contributed by atoms with Gasteiger partial charge >= 0.3 is 0 Å². The number of fused-ring (bicyclic) bond motifs is 1. The predicted octanol–water partition coefficient (Wildman–Crippen LogP) is 4.23. The van der Waals surface area contributed by atoms with E-state index in [1.807, 2.05) is 0 Å². The van der Waals surface area contributed by atoms with Crippen LogP contribution in [-0.2, 0) is 5.41 Å². The van der Waals surface area contributed by atoms with Gasteiger partial charge in [0.15, 0.2) is 0 Å². The summed E-state index contributed by atoms with van der Waals surface area (Å²) >= 11 is 0. The van der Waals surface area contributed by atoms with Crippen LogP contribution in [0.15, 0.2) is 24.3 Å². The normalized spacial score (nSPS) is 22.6. The maximum Gasteiger partial charge on any atom is 0.00967 e. The highest BCUT2D eigenvalue weighted by molar-refractivity contribution is 5.38.